The van der Waals surface area contributed by atoms with Gasteiger partial charge in [0.2, 0.25) is 11.8 Å². The van der Waals surface area contributed by atoms with Crippen LogP contribution in [0.15, 0.2) is 6.20 Å². The molecule has 1 fully saturated rings. The second-order valence-corrected chi connectivity index (χ2v) is 5.22. The molecule has 0 bridgehead atoms. The molecule has 0 radical (unpaired) electrons. The number of hydrogen-bond donors (Lipinski definition) is 0. The number of carbonyl (C=O) groups excluding carboxylic acids is 2. The number of likely N-dealkylation sites (tertiary alicyclic amines) is 1. The summed E-state index contributed by atoms with van der Waals surface area (Å²) in [7, 11) is 1.74. The summed E-state index contributed by atoms with van der Waals surface area (Å²) in [5.41, 5.74) is 0.576. The third-order valence-corrected chi connectivity index (χ3v) is 3.65. The molecule has 2 aromatic rings. The molecule has 3 heterocycles. The Morgan fingerprint density at radius 1 is 1.40 bits per heavy atom. The molecule has 1 aliphatic heterocycles. The highest BCUT2D eigenvalue weighted by Crippen LogP contribution is 2.23. The summed E-state index contributed by atoms with van der Waals surface area (Å²) in [6, 6.07) is 0. The summed E-state index contributed by atoms with van der Waals surface area (Å²) in [6.07, 6.45) is 1.82. The van der Waals surface area contributed by atoms with Gasteiger partial charge in [-0.3, -0.25) is 19.2 Å². The number of imide groups is 1. The van der Waals surface area contributed by atoms with E-state index in [1.165, 1.54) is 4.90 Å². The van der Waals surface area contributed by atoms with Crippen molar-refractivity contribution in [3.05, 3.63) is 17.2 Å². The Kier molecular flexibility index (Phi) is 2.93. The van der Waals surface area contributed by atoms with E-state index in [4.69, 9.17) is 11.6 Å². The number of aryl methyl sites for hydroxylation is 1. The number of hydrogen-bond acceptors (Lipinski definition) is 5. The first kappa shape index (κ1) is 13.0. The van der Waals surface area contributed by atoms with E-state index in [1.54, 1.807) is 24.9 Å². The van der Waals surface area contributed by atoms with E-state index in [0.29, 0.717) is 16.9 Å². The van der Waals surface area contributed by atoms with Crippen LogP contribution in [0.5, 0.6) is 0 Å². The Bertz CT molecular complexity index is 726. The van der Waals surface area contributed by atoms with Gasteiger partial charge in [0, 0.05) is 19.4 Å². The van der Waals surface area contributed by atoms with Crippen LogP contribution in [0.2, 0.25) is 5.15 Å². The number of amides is 2. The zero-order valence-electron chi connectivity index (χ0n) is 11.0. The molecular formula is C12H12ClN5O2. The van der Waals surface area contributed by atoms with Crippen LogP contribution in [0.3, 0.4) is 0 Å². The number of halogens is 1. The van der Waals surface area contributed by atoms with Gasteiger partial charge < -0.3 is 0 Å². The maximum atomic E-state index is 11.9. The largest absolute Gasteiger partial charge is 0.275 e. The molecule has 1 unspecified atom stereocenters. The van der Waals surface area contributed by atoms with Crippen molar-refractivity contribution < 1.29 is 9.59 Å². The lowest BCUT2D eigenvalue weighted by atomic mass is 10.1. The molecule has 104 valence electrons. The van der Waals surface area contributed by atoms with Crippen LogP contribution in [0.4, 0.5) is 0 Å². The Labute approximate surface area is 119 Å². The summed E-state index contributed by atoms with van der Waals surface area (Å²) in [5.74, 6) is -0.340. The van der Waals surface area contributed by atoms with Crippen molar-refractivity contribution in [3.63, 3.8) is 0 Å². The van der Waals surface area contributed by atoms with Gasteiger partial charge in [0.05, 0.1) is 18.1 Å². The minimum absolute atomic E-state index is 0.0445. The van der Waals surface area contributed by atoms with Crippen molar-refractivity contribution >= 4 is 34.4 Å². The fourth-order valence-electron chi connectivity index (χ4n) is 2.26. The highest BCUT2D eigenvalue weighted by atomic mass is 35.5. The molecule has 1 aliphatic rings. The van der Waals surface area contributed by atoms with E-state index < -0.39 is 0 Å². The first-order valence-electron chi connectivity index (χ1n) is 6.15. The lowest BCUT2D eigenvalue weighted by Gasteiger charge is -2.13. The van der Waals surface area contributed by atoms with Crippen molar-refractivity contribution in [2.75, 3.05) is 0 Å². The van der Waals surface area contributed by atoms with Crippen molar-refractivity contribution in [2.45, 2.75) is 19.9 Å². The van der Waals surface area contributed by atoms with Gasteiger partial charge >= 0.3 is 0 Å². The van der Waals surface area contributed by atoms with Gasteiger partial charge in [-0.15, -0.1) is 0 Å². The van der Waals surface area contributed by atoms with Crippen molar-refractivity contribution in [1.82, 2.24) is 24.6 Å². The molecule has 7 nitrogen and oxygen atoms in total. The third kappa shape index (κ3) is 1.94. The van der Waals surface area contributed by atoms with Gasteiger partial charge in [-0.2, -0.15) is 5.10 Å². The predicted molar refractivity (Wildman–Crippen MR) is 70.7 cm³/mol. The third-order valence-electron chi connectivity index (χ3n) is 3.36. The Morgan fingerprint density at radius 2 is 2.15 bits per heavy atom. The molecule has 0 aromatic carbocycles. The van der Waals surface area contributed by atoms with Gasteiger partial charge in [0.15, 0.2) is 11.5 Å². The van der Waals surface area contributed by atoms with Gasteiger partial charge in [0.25, 0.3) is 0 Å². The lowest BCUT2D eigenvalue weighted by Crippen LogP contribution is -2.30. The van der Waals surface area contributed by atoms with Crippen LogP contribution in [-0.4, -0.2) is 36.5 Å². The number of nitrogens with zero attached hydrogens (tertiary/aromatic N) is 5. The van der Waals surface area contributed by atoms with Crippen molar-refractivity contribution in [2.24, 2.45) is 13.0 Å². The smallest absolute Gasteiger partial charge is 0.232 e. The minimum Gasteiger partial charge on any atom is -0.275 e. The van der Waals surface area contributed by atoms with E-state index >= 15 is 0 Å². The molecule has 8 heteroatoms. The number of rotatable bonds is 2. The van der Waals surface area contributed by atoms with Crippen LogP contribution < -0.4 is 0 Å². The zero-order valence-corrected chi connectivity index (χ0v) is 11.8. The summed E-state index contributed by atoms with van der Waals surface area (Å²) < 4.78 is 1.57. The lowest BCUT2D eigenvalue weighted by molar-refractivity contribution is -0.140. The SMILES string of the molecule is CC1CC(=O)N(Cc2nc(Cl)c3cnn(C)c3n2)C1=O. The Hall–Kier alpha value is -2.02. The molecule has 2 amide bonds. The molecule has 0 aliphatic carbocycles. The van der Waals surface area contributed by atoms with Gasteiger partial charge in [-0.25, -0.2) is 9.97 Å². The van der Waals surface area contributed by atoms with Crippen molar-refractivity contribution in [1.29, 1.82) is 0 Å². The standard InChI is InChI=1S/C12H12ClN5O2/c1-6-3-9(19)18(12(6)20)5-8-15-10(13)7-4-14-17(2)11(7)16-8/h4,6H,3,5H2,1-2H3. The number of aromatic nitrogens is 4. The van der Waals surface area contributed by atoms with E-state index in [-0.39, 0.29) is 35.9 Å². The Morgan fingerprint density at radius 3 is 2.80 bits per heavy atom. The zero-order chi connectivity index (χ0) is 14.4. The predicted octanol–water partition coefficient (Wildman–Crippen LogP) is 0.912. The molecule has 2 aromatic heterocycles. The van der Waals surface area contributed by atoms with E-state index in [9.17, 15) is 9.59 Å². The fraction of sp³-hybridized carbons (Fsp3) is 0.417. The fourth-order valence-corrected chi connectivity index (χ4v) is 2.49. The van der Waals surface area contributed by atoms with Crippen LogP contribution in [-0.2, 0) is 23.2 Å². The monoisotopic (exact) mass is 293 g/mol. The molecule has 1 saturated heterocycles. The summed E-state index contributed by atoms with van der Waals surface area (Å²) >= 11 is 6.07. The summed E-state index contributed by atoms with van der Waals surface area (Å²) in [5, 5.41) is 4.97. The minimum atomic E-state index is -0.279. The average molecular weight is 294 g/mol. The van der Waals surface area contributed by atoms with Gasteiger partial charge in [0.1, 0.15) is 5.15 Å². The van der Waals surface area contributed by atoms with E-state index in [0.717, 1.165) is 0 Å². The molecule has 1 atom stereocenters. The van der Waals surface area contributed by atoms with Gasteiger partial charge in [-0.1, -0.05) is 18.5 Å². The Balaban J connectivity index is 1.97. The summed E-state index contributed by atoms with van der Waals surface area (Å²) in [4.78, 5) is 33.3. The molecule has 0 N–H and O–H groups in total. The summed E-state index contributed by atoms with van der Waals surface area (Å²) in [6.45, 7) is 1.78. The van der Waals surface area contributed by atoms with Crippen LogP contribution in [0, 0.1) is 5.92 Å². The maximum absolute atomic E-state index is 11.9. The quantitative estimate of drug-likeness (QED) is 0.607. The van der Waals surface area contributed by atoms with Crippen LogP contribution >= 0.6 is 11.6 Å². The molecule has 3 rings (SSSR count). The van der Waals surface area contributed by atoms with E-state index in [2.05, 4.69) is 15.1 Å². The normalized spacial score (nSPS) is 19.4. The first-order valence-corrected chi connectivity index (χ1v) is 6.53. The number of carbonyl (C=O) groups is 2. The molecule has 0 saturated carbocycles. The highest BCUT2D eigenvalue weighted by Gasteiger charge is 2.36. The molecule has 0 spiro atoms. The number of fused-ring (bicyclic) bond motifs is 1. The second kappa shape index (κ2) is 4.52. The second-order valence-electron chi connectivity index (χ2n) is 4.86. The highest BCUT2D eigenvalue weighted by molar-refractivity contribution is 6.33. The molecular weight excluding hydrogens is 282 g/mol. The van der Waals surface area contributed by atoms with Crippen molar-refractivity contribution in [3.8, 4) is 0 Å². The van der Waals surface area contributed by atoms with Gasteiger partial charge in [-0.05, 0) is 0 Å². The molecule has 20 heavy (non-hydrogen) atoms. The first-order chi connectivity index (χ1) is 9.47. The van der Waals surface area contributed by atoms with Crippen LogP contribution in [0.25, 0.3) is 11.0 Å². The topological polar surface area (TPSA) is 81.0 Å². The van der Waals surface area contributed by atoms with E-state index in [1.807, 2.05) is 0 Å². The van der Waals surface area contributed by atoms with Crippen LogP contribution in [0.1, 0.15) is 19.2 Å². The average Bonchev–Trinajstić information content (AvgIpc) is 2.87. The maximum Gasteiger partial charge on any atom is 0.232 e.